The van der Waals surface area contributed by atoms with Crippen LogP contribution < -0.4 is 10.1 Å². The number of anilines is 1. The molecule has 4 rings (SSSR count). The number of nitrogens with one attached hydrogen (secondary N) is 1. The summed E-state index contributed by atoms with van der Waals surface area (Å²) in [5.41, 5.74) is 1.31. The molecule has 0 atom stereocenters. The number of carbonyl (C=O) groups is 1. The van der Waals surface area contributed by atoms with Crippen molar-refractivity contribution in [3.63, 3.8) is 0 Å². The lowest BCUT2D eigenvalue weighted by Crippen LogP contribution is -2.13. The zero-order valence-electron chi connectivity index (χ0n) is 12.8. The molecule has 2 aromatic carbocycles. The van der Waals surface area contributed by atoms with Crippen molar-refractivity contribution < 1.29 is 4.79 Å². The topological polar surface area (TPSA) is 89.8 Å². The number of hydrogen-bond donors (Lipinski definition) is 1. The Kier molecular flexibility index (Phi) is 3.79. The van der Waals surface area contributed by atoms with Crippen LogP contribution in [0.4, 0.5) is 5.69 Å². The zero-order valence-corrected chi connectivity index (χ0v) is 13.6. The van der Waals surface area contributed by atoms with Gasteiger partial charge in [0.25, 0.3) is 5.91 Å². The van der Waals surface area contributed by atoms with Gasteiger partial charge >= 0.3 is 0 Å². The summed E-state index contributed by atoms with van der Waals surface area (Å²) in [5.74, 6) is -0.332. The summed E-state index contributed by atoms with van der Waals surface area (Å²) in [6, 6.07) is 16.1. The van der Waals surface area contributed by atoms with Gasteiger partial charge in [-0.3, -0.25) is 9.59 Å². The molecule has 0 aliphatic carbocycles. The van der Waals surface area contributed by atoms with Gasteiger partial charge in [-0.2, -0.15) is 0 Å². The molecule has 0 fully saturated rings. The third kappa shape index (κ3) is 3.02. The lowest BCUT2D eigenvalue weighted by molar-refractivity contribution is 0.103. The van der Waals surface area contributed by atoms with E-state index in [1.165, 1.54) is 11.0 Å². The van der Waals surface area contributed by atoms with E-state index in [1.807, 2.05) is 18.2 Å². The van der Waals surface area contributed by atoms with E-state index < -0.39 is 0 Å². The fourth-order valence-corrected chi connectivity index (χ4v) is 3.27. The summed E-state index contributed by atoms with van der Waals surface area (Å²) in [6.07, 6.45) is 1.47. The van der Waals surface area contributed by atoms with Crippen molar-refractivity contribution in [3.8, 4) is 5.69 Å². The summed E-state index contributed by atoms with van der Waals surface area (Å²) >= 11 is 0.931. The van der Waals surface area contributed by atoms with Crippen LogP contribution in [0.5, 0.6) is 0 Å². The van der Waals surface area contributed by atoms with Gasteiger partial charge in [0.2, 0.25) is 4.74 Å². The predicted octanol–water partition coefficient (Wildman–Crippen LogP) is 2.49. The van der Waals surface area contributed by atoms with Gasteiger partial charge < -0.3 is 5.32 Å². The Morgan fingerprint density at radius 1 is 1.08 bits per heavy atom. The van der Waals surface area contributed by atoms with E-state index in [0.717, 1.165) is 22.4 Å². The highest BCUT2D eigenvalue weighted by Crippen LogP contribution is 2.18. The van der Waals surface area contributed by atoms with Crippen LogP contribution in [-0.2, 0) is 0 Å². The van der Waals surface area contributed by atoms with Crippen molar-refractivity contribution in [2.24, 2.45) is 0 Å². The first-order chi connectivity index (χ1) is 12.2. The molecule has 1 N–H and O–H groups in total. The number of benzene rings is 2. The molecular formula is C17H11N5O2S. The van der Waals surface area contributed by atoms with Crippen molar-refractivity contribution in [1.82, 2.24) is 20.2 Å². The van der Waals surface area contributed by atoms with E-state index in [2.05, 4.69) is 20.8 Å². The first-order valence-corrected chi connectivity index (χ1v) is 8.20. The van der Waals surface area contributed by atoms with Crippen LogP contribution in [-0.4, -0.2) is 26.1 Å². The zero-order chi connectivity index (χ0) is 17.2. The smallest absolute Gasteiger partial charge is 0.265 e. The average molecular weight is 349 g/mol. The second-order valence-corrected chi connectivity index (χ2v) is 6.26. The SMILES string of the molecule is O=C(Nc1cccc(-n2cnnn2)c1)c1cc2ccccc2c(=O)s1. The maximum Gasteiger partial charge on any atom is 0.265 e. The number of amides is 1. The molecule has 0 bridgehead atoms. The maximum atomic E-state index is 12.5. The van der Waals surface area contributed by atoms with Crippen molar-refractivity contribution in [2.45, 2.75) is 0 Å². The maximum absolute atomic E-state index is 12.5. The third-order valence-electron chi connectivity index (χ3n) is 3.61. The Labute approximate surface area is 145 Å². The van der Waals surface area contributed by atoms with Gasteiger partial charge in [0, 0.05) is 11.1 Å². The van der Waals surface area contributed by atoms with E-state index in [-0.39, 0.29) is 10.6 Å². The van der Waals surface area contributed by atoms with E-state index in [1.54, 1.807) is 36.4 Å². The fourth-order valence-electron chi connectivity index (χ4n) is 2.44. The molecule has 0 unspecified atom stereocenters. The second-order valence-electron chi connectivity index (χ2n) is 5.24. The Morgan fingerprint density at radius 2 is 1.96 bits per heavy atom. The van der Waals surface area contributed by atoms with Gasteiger partial charge in [-0.05, 0) is 46.1 Å². The van der Waals surface area contributed by atoms with Crippen LogP contribution in [0.1, 0.15) is 9.67 Å². The van der Waals surface area contributed by atoms with Crippen LogP contribution in [0.15, 0.2) is 65.7 Å². The van der Waals surface area contributed by atoms with Crippen LogP contribution >= 0.6 is 11.3 Å². The molecule has 1 amide bonds. The Morgan fingerprint density at radius 3 is 2.80 bits per heavy atom. The lowest BCUT2D eigenvalue weighted by atomic mass is 10.2. The van der Waals surface area contributed by atoms with Crippen molar-refractivity contribution in [3.05, 3.63) is 75.3 Å². The van der Waals surface area contributed by atoms with Gasteiger partial charge in [-0.1, -0.05) is 35.6 Å². The molecule has 4 aromatic rings. The van der Waals surface area contributed by atoms with Crippen molar-refractivity contribution in [1.29, 1.82) is 0 Å². The third-order valence-corrected chi connectivity index (χ3v) is 4.54. The molecule has 0 spiro atoms. The minimum atomic E-state index is -0.332. The number of hydrogen-bond acceptors (Lipinski definition) is 6. The normalized spacial score (nSPS) is 10.7. The number of fused-ring (bicyclic) bond motifs is 1. The minimum absolute atomic E-state index is 0.134. The molecule has 7 nitrogen and oxygen atoms in total. The molecule has 2 aromatic heterocycles. The molecular weight excluding hydrogens is 338 g/mol. The fraction of sp³-hybridized carbons (Fsp3) is 0. The first kappa shape index (κ1) is 15.2. The largest absolute Gasteiger partial charge is 0.321 e. The lowest BCUT2D eigenvalue weighted by Gasteiger charge is -2.07. The summed E-state index contributed by atoms with van der Waals surface area (Å²) in [6.45, 7) is 0. The van der Waals surface area contributed by atoms with E-state index in [0.29, 0.717) is 16.0 Å². The summed E-state index contributed by atoms with van der Waals surface area (Å²) < 4.78 is 1.36. The monoisotopic (exact) mass is 349 g/mol. The summed E-state index contributed by atoms with van der Waals surface area (Å²) in [4.78, 5) is 25.1. The molecule has 2 heterocycles. The van der Waals surface area contributed by atoms with Crippen molar-refractivity contribution in [2.75, 3.05) is 5.32 Å². The predicted molar refractivity (Wildman–Crippen MR) is 95.2 cm³/mol. The van der Waals surface area contributed by atoms with Crippen LogP contribution in [0, 0.1) is 0 Å². The van der Waals surface area contributed by atoms with Gasteiger partial charge in [0.05, 0.1) is 10.6 Å². The number of carbonyl (C=O) groups excluding carboxylic acids is 1. The molecule has 25 heavy (non-hydrogen) atoms. The number of rotatable bonds is 3. The molecule has 0 saturated carbocycles. The Hall–Kier alpha value is -3.39. The first-order valence-electron chi connectivity index (χ1n) is 7.38. The average Bonchev–Trinajstić information content (AvgIpc) is 3.17. The molecule has 122 valence electrons. The summed E-state index contributed by atoms with van der Waals surface area (Å²) in [7, 11) is 0. The van der Waals surface area contributed by atoms with Gasteiger partial charge in [-0.15, -0.1) is 5.10 Å². The molecule has 8 heteroatoms. The highest BCUT2D eigenvalue weighted by Gasteiger charge is 2.11. The van der Waals surface area contributed by atoms with Crippen LogP contribution in [0.25, 0.3) is 16.5 Å². The molecule has 0 aliphatic rings. The van der Waals surface area contributed by atoms with E-state index in [4.69, 9.17) is 0 Å². The Bertz CT molecular complexity index is 1120. The van der Waals surface area contributed by atoms with Gasteiger partial charge in [0.15, 0.2) is 0 Å². The molecule has 0 radical (unpaired) electrons. The van der Waals surface area contributed by atoms with Crippen LogP contribution in [0.2, 0.25) is 0 Å². The molecule has 0 saturated heterocycles. The van der Waals surface area contributed by atoms with Crippen molar-refractivity contribution >= 4 is 33.7 Å². The Balaban J connectivity index is 1.64. The number of nitrogens with zero attached hydrogens (tertiary/aromatic N) is 4. The molecule has 0 aliphatic heterocycles. The van der Waals surface area contributed by atoms with E-state index >= 15 is 0 Å². The van der Waals surface area contributed by atoms with Crippen LogP contribution in [0.3, 0.4) is 0 Å². The highest BCUT2D eigenvalue weighted by atomic mass is 32.1. The highest BCUT2D eigenvalue weighted by molar-refractivity contribution is 7.12. The van der Waals surface area contributed by atoms with Gasteiger partial charge in [0.1, 0.15) is 6.33 Å². The second kappa shape index (κ2) is 6.25. The van der Waals surface area contributed by atoms with E-state index in [9.17, 15) is 9.59 Å². The standard InChI is InChI=1S/C17H11N5O2S/c23-16(15-8-11-4-1-2-7-14(11)17(24)25-15)19-12-5-3-6-13(9-12)22-10-18-20-21-22/h1-10H,(H,19,23). The quantitative estimate of drug-likeness (QED) is 0.614. The van der Waals surface area contributed by atoms with Gasteiger partial charge in [-0.25, -0.2) is 4.68 Å². The summed E-state index contributed by atoms with van der Waals surface area (Å²) in [5, 5.41) is 15.2. The minimum Gasteiger partial charge on any atom is -0.321 e. The number of tetrazole rings is 1. The number of aromatic nitrogens is 4.